The summed E-state index contributed by atoms with van der Waals surface area (Å²) in [6.07, 6.45) is 0.991. The zero-order chi connectivity index (χ0) is 24.8. The van der Waals surface area contributed by atoms with Gasteiger partial charge in [0.2, 0.25) is 10.0 Å². The molecule has 10 heteroatoms. The van der Waals surface area contributed by atoms with Gasteiger partial charge in [-0.25, -0.2) is 13.1 Å². The van der Waals surface area contributed by atoms with E-state index in [4.69, 9.17) is 44.3 Å². The Hall–Kier alpha value is -1.51. The number of hydrogen-bond donors (Lipinski definition) is 1. The number of hydrogen-bond acceptors (Lipinski definition) is 5. The number of rotatable bonds is 12. The average molecular weight is 537 g/mol. The van der Waals surface area contributed by atoms with Gasteiger partial charge in [-0.2, -0.15) is 0 Å². The van der Waals surface area contributed by atoms with Crippen LogP contribution in [0.2, 0.25) is 10.0 Å². The number of alkyl halides is 1. The predicted octanol–water partition coefficient (Wildman–Crippen LogP) is 5.07. The lowest BCUT2D eigenvalue weighted by molar-refractivity contribution is -0.119. The maximum absolute atomic E-state index is 11.8. The quantitative estimate of drug-likeness (QED) is 0.383. The molecule has 0 saturated carbocycles. The van der Waals surface area contributed by atoms with Crippen LogP contribution in [0.25, 0.3) is 0 Å². The van der Waals surface area contributed by atoms with Gasteiger partial charge in [-0.1, -0.05) is 56.1 Å². The summed E-state index contributed by atoms with van der Waals surface area (Å²) in [5, 5.41) is 0.849. The number of carbonyl (C=O) groups is 1. The Morgan fingerprint density at radius 1 is 1.06 bits per heavy atom. The summed E-state index contributed by atoms with van der Waals surface area (Å²) in [7, 11) is -3.43. The highest BCUT2D eigenvalue weighted by atomic mass is 35.5. The lowest BCUT2D eigenvalue weighted by Gasteiger charge is -2.27. The molecule has 0 heterocycles. The Balaban J connectivity index is 2.09. The van der Waals surface area contributed by atoms with Crippen molar-refractivity contribution in [2.45, 2.75) is 26.2 Å². The monoisotopic (exact) mass is 535 g/mol. The van der Waals surface area contributed by atoms with Crippen molar-refractivity contribution in [3.8, 4) is 11.5 Å². The van der Waals surface area contributed by atoms with E-state index in [1.54, 1.807) is 12.1 Å². The van der Waals surface area contributed by atoms with Crippen LogP contribution in [0.4, 0.5) is 0 Å². The number of Topliss-reactive ketones (excluding diaryl/α,β-unsaturated/α-hetero) is 1. The van der Waals surface area contributed by atoms with Crippen LogP contribution in [0.5, 0.6) is 11.5 Å². The van der Waals surface area contributed by atoms with Crippen molar-refractivity contribution in [1.29, 1.82) is 0 Å². The molecule has 0 fully saturated rings. The molecule has 0 bridgehead atoms. The van der Waals surface area contributed by atoms with Gasteiger partial charge in [-0.15, -0.1) is 11.6 Å². The first-order valence-corrected chi connectivity index (χ1v) is 13.4. The minimum Gasteiger partial charge on any atom is -0.490 e. The van der Waals surface area contributed by atoms with Gasteiger partial charge in [0.1, 0.15) is 12.4 Å². The molecule has 0 radical (unpaired) electrons. The second-order valence-electron chi connectivity index (χ2n) is 8.41. The Labute approximate surface area is 210 Å². The van der Waals surface area contributed by atoms with Crippen molar-refractivity contribution in [3.05, 3.63) is 57.6 Å². The second kappa shape index (κ2) is 11.8. The fourth-order valence-electron chi connectivity index (χ4n) is 2.89. The lowest BCUT2D eigenvalue weighted by Crippen LogP contribution is -2.31. The molecule has 2 rings (SSSR count). The van der Waals surface area contributed by atoms with E-state index in [0.717, 1.165) is 17.4 Å². The fourth-order valence-corrected chi connectivity index (χ4v) is 4.00. The summed E-state index contributed by atoms with van der Waals surface area (Å²) in [6, 6.07) is 11.0. The molecule has 0 saturated heterocycles. The van der Waals surface area contributed by atoms with Gasteiger partial charge in [0.25, 0.3) is 0 Å². The van der Waals surface area contributed by atoms with Crippen LogP contribution in [0, 0.1) is 5.92 Å². The number of ketones is 1. The molecule has 0 aliphatic carbocycles. The zero-order valence-electron chi connectivity index (χ0n) is 19.0. The molecule has 1 N–H and O–H groups in total. The van der Waals surface area contributed by atoms with Gasteiger partial charge in [0.15, 0.2) is 11.5 Å². The highest BCUT2D eigenvalue weighted by Crippen LogP contribution is 2.40. The van der Waals surface area contributed by atoms with Gasteiger partial charge in [0, 0.05) is 17.2 Å². The van der Waals surface area contributed by atoms with E-state index in [0.29, 0.717) is 34.0 Å². The standard InChI is InChI=1S/C23H28Cl3NO5S/c1-15(11-24)13-32-22-20(25)9-17(10-21(22)26)23(2,3)16-5-7-19(8-6-16)31-14-18(28)12-27-33(4,29)30/h5-10,15,27H,11-14H2,1-4H3. The summed E-state index contributed by atoms with van der Waals surface area (Å²) < 4.78 is 35.5. The maximum atomic E-state index is 11.8. The van der Waals surface area contributed by atoms with Crippen molar-refractivity contribution in [1.82, 2.24) is 4.72 Å². The SMILES string of the molecule is CC(CCl)COc1c(Cl)cc(C(C)(C)c2ccc(OCC(=O)CNS(C)(=O)=O)cc2)cc1Cl. The molecule has 2 aromatic rings. The maximum Gasteiger partial charge on any atom is 0.209 e. The van der Waals surface area contributed by atoms with E-state index >= 15 is 0 Å². The van der Waals surface area contributed by atoms with Crippen molar-refractivity contribution in [2.75, 3.05) is 31.9 Å². The Morgan fingerprint density at radius 2 is 1.64 bits per heavy atom. The molecule has 0 amide bonds. The molecular weight excluding hydrogens is 509 g/mol. The van der Waals surface area contributed by atoms with E-state index in [1.807, 2.05) is 45.0 Å². The average Bonchev–Trinajstić information content (AvgIpc) is 2.75. The van der Waals surface area contributed by atoms with E-state index < -0.39 is 15.4 Å². The number of benzene rings is 2. The molecule has 182 valence electrons. The summed E-state index contributed by atoms with van der Waals surface area (Å²) in [6.45, 7) is 5.93. The molecule has 33 heavy (non-hydrogen) atoms. The van der Waals surface area contributed by atoms with E-state index in [-0.39, 0.29) is 24.9 Å². The third-order valence-electron chi connectivity index (χ3n) is 5.00. The highest BCUT2D eigenvalue weighted by molar-refractivity contribution is 7.88. The fraction of sp³-hybridized carbons (Fsp3) is 0.435. The Morgan fingerprint density at radius 3 is 2.15 bits per heavy atom. The van der Waals surface area contributed by atoms with Crippen LogP contribution >= 0.6 is 34.8 Å². The number of halogens is 3. The largest absolute Gasteiger partial charge is 0.490 e. The predicted molar refractivity (Wildman–Crippen MR) is 134 cm³/mol. The van der Waals surface area contributed by atoms with Crippen molar-refractivity contribution in [3.63, 3.8) is 0 Å². The molecular formula is C23H28Cl3NO5S. The third-order valence-corrected chi connectivity index (χ3v) is 6.76. The Bertz CT molecular complexity index is 1050. The number of carbonyl (C=O) groups excluding carboxylic acids is 1. The minimum atomic E-state index is -3.43. The van der Waals surface area contributed by atoms with Crippen LogP contribution in [0.15, 0.2) is 36.4 Å². The van der Waals surface area contributed by atoms with Crippen LogP contribution < -0.4 is 14.2 Å². The van der Waals surface area contributed by atoms with Crippen molar-refractivity contribution < 1.29 is 22.7 Å². The summed E-state index contributed by atoms with van der Waals surface area (Å²) in [4.78, 5) is 11.8. The molecule has 0 aliphatic rings. The third kappa shape index (κ3) is 8.34. The molecule has 6 nitrogen and oxygen atoms in total. The van der Waals surface area contributed by atoms with Gasteiger partial charge >= 0.3 is 0 Å². The van der Waals surface area contributed by atoms with E-state index in [1.165, 1.54) is 0 Å². The molecule has 2 aromatic carbocycles. The molecule has 1 unspecified atom stereocenters. The summed E-state index contributed by atoms with van der Waals surface area (Å²) >= 11 is 18.8. The van der Waals surface area contributed by atoms with Gasteiger partial charge in [-0.05, 0) is 35.4 Å². The van der Waals surface area contributed by atoms with Gasteiger partial charge in [0.05, 0.1) is 29.5 Å². The second-order valence-corrected chi connectivity index (χ2v) is 11.4. The molecule has 0 aliphatic heterocycles. The molecule has 1 atom stereocenters. The first-order valence-electron chi connectivity index (χ1n) is 10.2. The first-order chi connectivity index (χ1) is 15.3. The number of sulfonamides is 1. The smallest absolute Gasteiger partial charge is 0.209 e. The van der Waals surface area contributed by atoms with E-state index in [9.17, 15) is 13.2 Å². The molecule has 0 spiro atoms. The normalized spacial score (nSPS) is 12.9. The van der Waals surface area contributed by atoms with Crippen LogP contribution in [-0.4, -0.2) is 46.1 Å². The lowest BCUT2D eigenvalue weighted by atomic mass is 9.78. The van der Waals surface area contributed by atoms with Crippen molar-refractivity contribution in [2.24, 2.45) is 5.92 Å². The van der Waals surface area contributed by atoms with Crippen molar-refractivity contribution >= 4 is 50.6 Å². The highest BCUT2D eigenvalue weighted by Gasteiger charge is 2.26. The first kappa shape index (κ1) is 27.7. The summed E-state index contributed by atoms with van der Waals surface area (Å²) in [5.41, 5.74) is 1.46. The number of ether oxygens (including phenoxy) is 2. The van der Waals surface area contributed by atoms with Crippen LogP contribution in [-0.2, 0) is 20.2 Å². The Kier molecular flexibility index (Phi) is 9.88. The van der Waals surface area contributed by atoms with Crippen LogP contribution in [0.1, 0.15) is 31.9 Å². The van der Waals surface area contributed by atoms with Crippen LogP contribution in [0.3, 0.4) is 0 Å². The van der Waals surface area contributed by atoms with Gasteiger partial charge in [-0.3, -0.25) is 4.79 Å². The topological polar surface area (TPSA) is 81.7 Å². The van der Waals surface area contributed by atoms with Gasteiger partial charge < -0.3 is 9.47 Å². The minimum absolute atomic E-state index is 0.168. The summed E-state index contributed by atoms with van der Waals surface area (Å²) in [5.74, 6) is 1.20. The van der Waals surface area contributed by atoms with E-state index in [2.05, 4.69) is 4.72 Å². The number of nitrogens with one attached hydrogen (secondary N) is 1. The zero-order valence-corrected chi connectivity index (χ0v) is 22.0. The molecule has 0 aromatic heterocycles.